The van der Waals surface area contributed by atoms with Crippen LogP contribution in [0.2, 0.25) is 0 Å². The SMILES string of the molecule is CC(Cl)=NC(=N)Cl. The Morgan fingerprint density at radius 3 is 2.00 bits per heavy atom. The summed E-state index contributed by atoms with van der Waals surface area (Å²) in [5.74, 6) is 0. The Morgan fingerprint density at radius 2 is 2.00 bits per heavy atom. The molecule has 0 aliphatic carbocycles. The Bertz CT molecular complexity index is 104. The van der Waals surface area contributed by atoms with Crippen LogP contribution in [0.5, 0.6) is 0 Å². The Balaban J connectivity index is 3.68. The normalized spacial score (nSPS) is 11.6. The highest BCUT2D eigenvalue weighted by molar-refractivity contribution is 6.70. The number of aliphatic imine (C=N–C) groups is 1. The van der Waals surface area contributed by atoms with Crippen molar-refractivity contribution in [2.75, 3.05) is 0 Å². The molecule has 0 aliphatic rings. The average molecular weight is 139 g/mol. The van der Waals surface area contributed by atoms with E-state index in [1.165, 1.54) is 0 Å². The maximum Gasteiger partial charge on any atom is 0.215 e. The molecule has 7 heavy (non-hydrogen) atoms. The first kappa shape index (κ1) is 6.92. The summed E-state index contributed by atoms with van der Waals surface area (Å²) in [7, 11) is 0. The van der Waals surface area contributed by atoms with Gasteiger partial charge in [-0.1, -0.05) is 11.6 Å². The fraction of sp³-hybridized carbons (Fsp3) is 0.333. The fourth-order valence-corrected chi connectivity index (χ4v) is 0.390. The van der Waals surface area contributed by atoms with Crippen LogP contribution in [-0.2, 0) is 0 Å². The summed E-state index contributed by atoms with van der Waals surface area (Å²) >= 11 is 10.2. The third-order valence-electron chi connectivity index (χ3n) is 0.252. The first-order valence-corrected chi connectivity index (χ1v) is 2.33. The van der Waals surface area contributed by atoms with Gasteiger partial charge in [-0.25, -0.2) is 4.99 Å². The van der Waals surface area contributed by atoms with Crippen molar-refractivity contribution >= 4 is 33.7 Å². The molecule has 0 fully saturated rings. The first-order chi connectivity index (χ1) is 3.13. The van der Waals surface area contributed by atoms with Crippen molar-refractivity contribution in [2.24, 2.45) is 4.99 Å². The summed E-state index contributed by atoms with van der Waals surface area (Å²) < 4.78 is 0. The summed E-state index contributed by atoms with van der Waals surface area (Å²) in [6.45, 7) is 1.55. The van der Waals surface area contributed by atoms with Gasteiger partial charge in [-0.05, 0) is 18.5 Å². The van der Waals surface area contributed by atoms with Crippen LogP contribution in [0.25, 0.3) is 0 Å². The quantitative estimate of drug-likeness (QED) is 0.302. The summed E-state index contributed by atoms with van der Waals surface area (Å²) in [6, 6.07) is 0. The van der Waals surface area contributed by atoms with Crippen LogP contribution in [0.3, 0.4) is 0 Å². The summed E-state index contributed by atoms with van der Waals surface area (Å²) in [6.07, 6.45) is 0. The molecule has 0 atom stereocenters. The molecule has 40 valence electrons. The van der Waals surface area contributed by atoms with E-state index in [0.29, 0.717) is 0 Å². The van der Waals surface area contributed by atoms with Gasteiger partial charge < -0.3 is 0 Å². The summed E-state index contributed by atoms with van der Waals surface area (Å²) in [5.41, 5.74) is 0. The lowest BCUT2D eigenvalue weighted by molar-refractivity contribution is 1.49. The predicted molar refractivity (Wildman–Crippen MR) is 32.5 cm³/mol. The van der Waals surface area contributed by atoms with E-state index in [0.717, 1.165) is 0 Å². The van der Waals surface area contributed by atoms with Crippen LogP contribution < -0.4 is 0 Å². The average Bonchev–Trinajstić information content (AvgIpc) is 1.27. The van der Waals surface area contributed by atoms with Gasteiger partial charge in [0.1, 0.15) is 5.17 Å². The standard InChI is InChI=1S/C3H4Cl2N2/c1-2(4)7-3(5)6/h6H,1H3. The lowest BCUT2D eigenvalue weighted by Crippen LogP contribution is -1.80. The van der Waals surface area contributed by atoms with Crippen LogP contribution >= 0.6 is 23.2 Å². The second-order valence-corrected chi connectivity index (χ2v) is 1.80. The zero-order valence-electron chi connectivity index (χ0n) is 3.70. The number of rotatable bonds is 0. The van der Waals surface area contributed by atoms with Crippen molar-refractivity contribution in [1.29, 1.82) is 5.41 Å². The number of nitrogens with zero attached hydrogens (tertiary/aromatic N) is 1. The van der Waals surface area contributed by atoms with Crippen molar-refractivity contribution in [3.05, 3.63) is 0 Å². The van der Waals surface area contributed by atoms with E-state index < -0.39 is 0 Å². The maximum absolute atomic E-state index is 6.52. The van der Waals surface area contributed by atoms with Gasteiger partial charge in [0, 0.05) is 0 Å². The molecule has 0 bridgehead atoms. The van der Waals surface area contributed by atoms with E-state index >= 15 is 0 Å². The fourth-order valence-electron chi connectivity index (χ4n) is 0.135. The molecule has 4 heteroatoms. The van der Waals surface area contributed by atoms with Crippen LogP contribution in [0.4, 0.5) is 0 Å². The highest BCUT2D eigenvalue weighted by Gasteiger charge is 1.82. The van der Waals surface area contributed by atoms with Crippen LogP contribution in [0, 0.1) is 5.41 Å². The highest BCUT2D eigenvalue weighted by Crippen LogP contribution is 1.87. The molecule has 0 rings (SSSR count). The van der Waals surface area contributed by atoms with Gasteiger partial charge in [0.2, 0.25) is 5.29 Å². The Morgan fingerprint density at radius 1 is 1.57 bits per heavy atom. The number of nitrogens with one attached hydrogen (secondary N) is 1. The minimum atomic E-state index is -0.285. The van der Waals surface area contributed by atoms with Crippen molar-refractivity contribution in [1.82, 2.24) is 0 Å². The zero-order valence-corrected chi connectivity index (χ0v) is 5.22. The van der Waals surface area contributed by atoms with Crippen LogP contribution in [0.15, 0.2) is 4.99 Å². The lowest BCUT2D eigenvalue weighted by atomic mass is 10.9. The molecular weight excluding hydrogens is 135 g/mol. The largest absolute Gasteiger partial charge is 0.272 e. The predicted octanol–water partition coefficient (Wildman–Crippen LogP) is 1.82. The van der Waals surface area contributed by atoms with E-state index in [1.54, 1.807) is 6.92 Å². The van der Waals surface area contributed by atoms with E-state index in [2.05, 4.69) is 4.99 Å². The van der Waals surface area contributed by atoms with Crippen LogP contribution in [0.1, 0.15) is 6.92 Å². The molecule has 2 nitrogen and oxygen atoms in total. The molecule has 0 aromatic rings. The Kier molecular flexibility index (Phi) is 2.96. The molecule has 0 radical (unpaired) electrons. The molecule has 0 unspecified atom stereocenters. The summed E-state index contributed by atoms with van der Waals surface area (Å²) in [5, 5.41) is 6.51. The van der Waals surface area contributed by atoms with Crippen molar-refractivity contribution < 1.29 is 0 Å². The van der Waals surface area contributed by atoms with E-state index in [9.17, 15) is 0 Å². The molecule has 0 saturated heterocycles. The molecule has 0 saturated carbocycles. The van der Waals surface area contributed by atoms with Gasteiger partial charge in [0.25, 0.3) is 0 Å². The van der Waals surface area contributed by atoms with Gasteiger partial charge >= 0.3 is 0 Å². The van der Waals surface area contributed by atoms with Gasteiger partial charge in [0.05, 0.1) is 0 Å². The van der Waals surface area contributed by atoms with E-state index in [-0.39, 0.29) is 10.5 Å². The first-order valence-electron chi connectivity index (χ1n) is 1.58. The smallest absolute Gasteiger partial charge is 0.215 e. The lowest BCUT2D eigenvalue weighted by Gasteiger charge is -1.79. The van der Waals surface area contributed by atoms with Gasteiger partial charge in [0.15, 0.2) is 0 Å². The third-order valence-corrected chi connectivity index (χ3v) is 0.421. The molecular formula is C3H4Cl2N2. The van der Waals surface area contributed by atoms with E-state index in [4.69, 9.17) is 28.6 Å². The molecule has 0 aromatic carbocycles. The minimum absolute atomic E-state index is 0.278. The van der Waals surface area contributed by atoms with Crippen molar-refractivity contribution in [3.8, 4) is 0 Å². The topological polar surface area (TPSA) is 36.2 Å². The molecule has 0 amide bonds. The molecule has 0 aliphatic heterocycles. The number of halogens is 2. The molecule has 0 aromatic heterocycles. The molecule has 0 spiro atoms. The number of hydrogen-bond acceptors (Lipinski definition) is 1. The van der Waals surface area contributed by atoms with Crippen molar-refractivity contribution in [3.63, 3.8) is 0 Å². The second kappa shape index (κ2) is 2.99. The number of amidine groups is 1. The van der Waals surface area contributed by atoms with Crippen molar-refractivity contribution in [2.45, 2.75) is 6.92 Å². The van der Waals surface area contributed by atoms with E-state index in [1.807, 2.05) is 0 Å². The minimum Gasteiger partial charge on any atom is -0.272 e. The third kappa shape index (κ3) is 5.92. The highest BCUT2D eigenvalue weighted by atomic mass is 35.5. The zero-order chi connectivity index (χ0) is 5.86. The van der Waals surface area contributed by atoms with Gasteiger partial charge in [-0.15, -0.1) is 0 Å². The molecule has 0 heterocycles. The maximum atomic E-state index is 6.52. The van der Waals surface area contributed by atoms with Crippen LogP contribution in [-0.4, -0.2) is 10.5 Å². The van der Waals surface area contributed by atoms with Gasteiger partial charge in [-0.2, -0.15) is 0 Å². The Labute approximate surface area is 51.7 Å². The van der Waals surface area contributed by atoms with Gasteiger partial charge in [-0.3, -0.25) is 5.41 Å². The Hall–Kier alpha value is -0.0800. The monoisotopic (exact) mass is 138 g/mol. The second-order valence-electron chi connectivity index (χ2n) is 0.900. The molecule has 1 N–H and O–H groups in total. The number of hydrogen-bond donors (Lipinski definition) is 1. The summed E-state index contributed by atoms with van der Waals surface area (Å²) in [4.78, 5) is 3.31.